The van der Waals surface area contributed by atoms with E-state index in [4.69, 9.17) is 25.5 Å². The Morgan fingerprint density at radius 2 is 2.00 bits per heavy atom. The van der Waals surface area contributed by atoms with Gasteiger partial charge in [-0.15, -0.1) is 0 Å². The van der Waals surface area contributed by atoms with Crippen LogP contribution in [0, 0.1) is 0 Å². The van der Waals surface area contributed by atoms with Crippen LogP contribution >= 0.6 is 11.6 Å². The third-order valence-corrected chi connectivity index (χ3v) is 3.30. The molecule has 112 valence electrons. The van der Waals surface area contributed by atoms with Crippen molar-refractivity contribution >= 4 is 17.5 Å². The van der Waals surface area contributed by atoms with Crippen LogP contribution in [0.2, 0.25) is 5.22 Å². The molecule has 0 saturated carbocycles. The minimum Gasteiger partial charge on any atom is -0.493 e. The fourth-order valence-electron chi connectivity index (χ4n) is 1.91. The predicted molar refractivity (Wildman–Crippen MR) is 79.3 cm³/mol. The van der Waals surface area contributed by atoms with Crippen LogP contribution in [-0.4, -0.2) is 26.7 Å². The maximum absolute atomic E-state index is 11.8. The van der Waals surface area contributed by atoms with Gasteiger partial charge in [0, 0.05) is 6.54 Å². The maximum atomic E-state index is 11.8. The van der Waals surface area contributed by atoms with Gasteiger partial charge in [-0.05, 0) is 41.8 Å². The van der Waals surface area contributed by atoms with Gasteiger partial charge < -0.3 is 19.2 Å². The molecule has 0 unspecified atom stereocenters. The van der Waals surface area contributed by atoms with E-state index in [0.717, 1.165) is 5.56 Å². The van der Waals surface area contributed by atoms with Gasteiger partial charge >= 0.3 is 0 Å². The summed E-state index contributed by atoms with van der Waals surface area (Å²) in [5.74, 6) is 1.09. The number of nitrogens with one attached hydrogen (secondary N) is 1. The van der Waals surface area contributed by atoms with Gasteiger partial charge in [0.1, 0.15) is 0 Å². The summed E-state index contributed by atoms with van der Waals surface area (Å²) in [5, 5.41) is 2.88. The van der Waals surface area contributed by atoms with Crippen molar-refractivity contribution in [1.82, 2.24) is 5.32 Å². The summed E-state index contributed by atoms with van der Waals surface area (Å²) < 4.78 is 15.3. The van der Waals surface area contributed by atoms with Gasteiger partial charge in [-0.25, -0.2) is 0 Å². The van der Waals surface area contributed by atoms with Crippen molar-refractivity contribution in [3.63, 3.8) is 0 Å². The van der Waals surface area contributed by atoms with E-state index < -0.39 is 0 Å². The second-order valence-corrected chi connectivity index (χ2v) is 4.65. The lowest BCUT2D eigenvalue weighted by molar-refractivity contribution is 0.0953. The Hall–Kier alpha value is -2.14. The Morgan fingerprint density at radius 3 is 2.62 bits per heavy atom. The molecule has 21 heavy (non-hydrogen) atoms. The summed E-state index contributed by atoms with van der Waals surface area (Å²) in [4.78, 5) is 11.8. The quantitative estimate of drug-likeness (QED) is 0.891. The summed E-state index contributed by atoms with van der Waals surface area (Å²) >= 11 is 5.75. The van der Waals surface area contributed by atoms with E-state index >= 15 is 0 Å². The van der Waals surface area contributed by atoms with Crippen LogP contribution in [0.3, 0.4) is 0 Å². The largest absolute Gasteiger partial charge is 0.493 e. The van der Waals surface area contributed by atoms with E-state index in [1.807, 2.05) is 18.2 Å². The summed E-state index contributed by atoms with van der Waals surface area (Å²) in [6.07, 6.45) is 2.05. The van der Waals surface area contributed by atoms with Gasteiger partial charge in [-0.3, -0.25) is 4.79 Å². The second kappa shape index (κ2) is 7.04. The van der Waals surface area contributed by atoms with Crippen LogP contribution in [0.25, 0.3) is 0 Å². The lowest BCUT2D eigenvalue weighted by Crippen LogP contribution is -2.25. The predicted octanol–water partition coefficient (Wildman–Crippen LogP) is 2.92. The number of benzene rings is 1. The number of carbonyl (C=O) groups excluding carboxylic acids is 1. The standard InChI is InChI=1S/C15H16ClNO4/c1-19-12-4-3-10(9-13(12)20-2)5-7-17-15(18)11-6-8-21-14(11)16/h3-4,6,8-9H,5,7H2,1-2H3,(H,17,18). The Morgan fingerprint density at radius 1 is 1.24 bits per heavy atom. The van der Waals surface area contributed by atoms with Crippen molar-refractivity contribution < 1.29 is 18.7 Å². The number of methoxy groups -OCH3 is 2. The zero-order valence-corrected chi connectivity index (χ0v) is 12.6. The van der Waals surface area contributed by atoms with E-state index in [1.165, 1.54) is 12.3 Å². The number of hydrogen-bond acceptors (Lipinski definition) is 4. The molecule has 0 bridgehead atoms. The molecule has 0 aliphatic heterocycles. The van der Waals surface area contributed by atoms with Gasteiger partial charge in [0.25, 0.3) is 5.91 Å². The van der Waals surface area contributed by atoms with Crippen LogP contribution < -0.4 is 14.8 Å². The van der Waals surface area contributed by atoms with E-state index in [1.54, 1.807) is 14.2 Å². The highest BCUT2D eigenvalue weighted by molar-refractivity contribution is 6.32. The molecule has 0 aliphatic rings. The monoisotopic (exact) mass is 309 g/mol. The maximum Gasteiger partial charge on any atom is 0.256 e. The first-order valence-electron chi connectivity index (χ1n) is 6.37. The zero-order valence-electron chi connectivity index (χ0n) is 11.8. The van der Waals surface area contributed by atoms with Gasteiger partial charge in [-0.2, -0.15) is 0 Å². The lowest BCUT2D eigenvalue weighted by atomic mass is 10.1. The number of carbonyl (C=O) groups is 1. The third kappa shape index (κ3) is 3.70. The fourth-order valence-corrected chi connectivity index (χ4v) is 2.11. The van der Waals surface area contributed by atoms with Crippen LogP contribution in [0.1, 0.15) is 15.9 Å². The molecule has 1 amide bonds. The van der Waals surface area contributed by atoms with Crippen molar-refractivity contribution in [2.75, 3.05) is 20.8 Å². The number of rotatable bonds is 6. The fraction of sp³-hybridized carbons (Fsp3) is 0.267. The zero-order chi connectivity index (χ0) is 15.2. The number of ether oxygens (including phenoxy) is 2. The molecular formula is C15H16ClNO4. The van der Waals surface area contributed by atoms with Crippen molar-refractivity contribution in [1.29, 1.82) is 0 Å². The highest BCUT2D eigenvalue weighted by Gasteiger charge is 2.12. The Kier molecular flexibility index (Phi) is 5.11. The molecule has 0 aliphatic carbocycles. The normalized spacial score (nSPS) is 10.2. The lowest BCUT2D eigenvalue weighted by Gasteiger charge is -2.10. The molecule has 0 radical (unpaired) electrons. The molecule has 2 aromatic rings. The SMILES string of the molecule is COc1ccc(CCNC(=O)c2ccoc2Cl)cc1OC. The molecule has 2 rings (SSSR count). The first-order valence-corrected chi connectivity index (χ1v) is 6.75. The van der Waals surface area contributed by atoms with E-state index in [2.05, 4.69) is 5.32 Å². The second-order valence-electron chi connectivity index (χ2n) is 4.30. The molecule has 6 heteroatoms. The summed E-state index contributed by atoms with van der Waals surface area (Å²) in [7, 11) is 3.18. The molecule has 0 spiro atoms. The van der Waals surface area contributed by atoms with Crippen molar-refractivity contribution in [3.05, 3.63) is 46.9 Å². The minimum absolute atomic E-state index is 0.0959. The molecule has 0 atom stereocenters. The highest BCUT2D eigenvalue weighted by Crippen LogP contribution is 2.27. The molecule has 5 nitrogen and oxygen atoms in total. The average molecular weight is 310 g/mol. The molecule has 0 saturated heterocycles. The molecule has 0 fully saturated rings. The molecule has 1 heterocycles. The van der Waals surface area contributed by atoms with Crippen LogP contribution in [0.5, 0.6) is 11.5 Å². The Labute approximate surface area is 127 Å². The number of halogens is 1. The third-order valence-electron chi connectivity index (χ3n) is 3.01. The topological polar surface area (TPSA) is 60.7 Å². The number of furan rings is 1. The highest BCUT2D eigenvalue weighted by atomic mass is 35.5. The smallest absolute Gasteiger partial charge is 0.256 e. The summed E-state index contributed by atoms with van der Waals surface area (Å²) in [6, 6.07) is 7.19. The van der Waals surface area contributed by atoms with E-state index in [0.29, 0.717) is 30.0 Å². The Bertz CT molecular complexity index is 624. The van der Waals surface area contributed by atoms with Crippen molar-refractivity contribution in [2.45, 2.75) is 6.42 Å². The van der Waals surface area contributed by atoms with E-state index in [9.17, 15) is 4.79 Å². The number of hydrogen-bond donors (Lipinski definition) is 1. The van der Waals surface area contributed by atoms with Gasteiger partial charge in [0.15, 0.2) is 11.5 Å². The number of amides is 1. The molecule has 1 aromatic heterocycles. The molecule has 1 N–H and O–H groups in total. The van der Waals surface area contributed by atoms with Crippen LogP contribution in [0.4, 0.5) is 0 Å². The summed E-state index contributed by atoms with van der Waals surface area (Å²) in [5.41, 5.74) is 1.37. The summed E-state index contributed by atoms with van der Waals surface area (Å²) in [6.45, 7) is 0.482. The first kappa shape index (κ1) is 15.3. The molecule has 1 aromatic carbocycles. The van der Waals surface area contributed by atoms with Crippen LogP contribution in [-0.2, 0) is 6.42 Å². The Balaban J connectivity index is 1.92. The minimum atomic E-state index is -0.255. The average Bonchev–Trinajstić information content (AvgIpc) is 2.93. The van der Waals surface area contributed by atoms with Crippen molar-refractivity contribution in [3.8, 4) is 11.5 Å². The van der Waals surface area contributed by atoms with Gasteiger partial charge in [0.2, 0.25) is 5.22 Å². The van der Waals surface area contributed by atoms with Gasteiger partial charge in [-0.1, -0.05) is 6.07 Å². The van der Waals surface area contributed by atoms with E-state index in [-0.39, 0.29) is 11.1 Å². The van der Waals surface area contributed by atoms with Crippen LogP contribution in [0.15, 0.2) is 34.9 Å². The van der Waals surface area contributed by atoms with Crippen molar-refractivity contribution in [2.24, 2.45) is 0 Å². The van der Waals surface area contributed by atoms with Gasteiger partial charge in [0.05, 0.1) is 26.0 Å². The first-order chi connectivity index (χ1) is 10.2. The molecular weight excluding hydrogens is 294 g/mol.